The highest BCUT2D eigenvalue weighted by molar-refractivity contribution is 7.80. The number of rotatable bonds is 3. The van der Waals surface area contributed by atoms with Crippen LogP contribution in [0.5, 0.6) is 0 Å². The topological polar surface area (TPSA) is 37.0 Å². The summed E-state index contributed by atoms with van der Waals surface area (Å²) in [5.41, 5.74) is 3.05. The zero-order valence-electron chi connectivity index (χ0n) is 12.8. The van der Waals surface area contributed by atoms with Crippen LogP contribution in [0.4, 0.5) is 10.8 Å². The third-order valence-electron chi connectivity index (χ3n) is 3.43. The summed E-state index contributed by atoms with van der Waals surface area (Å²) in [7, 11) is 0. The van der Waals surface area contributed by atoms with Crippen molar-refractivity contribution in [1.29, 1.82) is 0 Å². The van der Waals surface area contributed by atoms with Gasteiger partial charge in [0.1, 0.15) is 5.52 Å². The molecule has 0 aliphatic rings. The maximum Gasteiger partial charge on any atom is 0.190 e. The van der Waals surface area contributed by atoms with E-state index in [9.17, 15) is 0 Å². The molecule has 3 rings (SSSR count). The lowest BCUT2D eigenvalue weighted by Crippen LogP contribution is -2.18. The van der Waals surface area contributed by atoms with Crippen molar-refractivity contribution >= 4 is 61.3 Å². The molecule has 3 nitrogen and oxygen atoms in total. The lowest BCUT2D eigenvalue weighted by Gasteiger charge is -2.10. The first-order valence-electron chi connectivity index (χ1n) is 7.26. The van der Waals surface area contributed by atoms with Crippen molar-refractivity contribution in [3.63, 3.8) is 0 Å². The standard InChI is InChI=1S/C17H16ClN3S2/c1-10(2)11-6-8-12(9-7-11)19-16(22)21-17-20-15-13(18)4-3-5-14(15)23-17/h3-10H,1-2H3,(H2,19,20,21,22). The van der Waals surface area contributed by atoms with Crippen LogP contribution in [0.2, 0.25) is 5.02 Å². The minimum atomic E-state index is 0.512. The third kappa shape index (κ3) is 3.80. The highest BCUT2D eigenvalue weighted by Gasteiger charge is 2.08. The minimum Gasteiger partial charge on any atom is -0.332 e. The monoisotopic (exact) mass is 361 g/mol. The largest absolute Gasteiger partial charge is 0.332 e. The van der Waals surface area contributed by atoms with Gasteiger partial charge in [-0.05, 0) is 48.0 Å². The van der Waals surface area contributed by atoms with Crippen LogP contribution in [0.1, 0.15) is 25.3 Å². The number of hydrogen-bond donors (Lipinski definition) is 2. The van der Waals surface area contributed by atoms with Gasteiger partial charge in [-0.15, -0.1) is 0 Å². The van der Waals surface area contributed by atoms with Gasteiger partial charge < -0.3 is 10.6 Å². The Bertz CT molecular complexity index is 841. The highest BCUT2D eigenvalue weighted by atomic mass is 35.5. The van der Waals surface area contributed by atoms with Gasteiger partial charge in [0.15, 0.2) is 10.2 Å². The molecule has 2 aromatic carbocycles. The van der Waals surface area contributed by atoms with Crippen molar-refractivity contribution in [2.24, 2.45) is 0 Å². The fourth-order valence-corrected chi connectivity index (χ4v) is 3.63. The predicted molar refractivity (Wildman–Crippen MR) is 105 cm³/mol. The number of aromatic nitrogens is 1. The number of para-hydroxylation sites is 1. The Morgan fingerprint density at radius 2 is 1.87 bits per heavy atom. The molecule has 0 amide bonds. The molecule has 0 fully saturated rings. The molecule has 0 aliphatic heterocycles. The van der Waals surface area contributed by atoms with Gasteiger partial charge in [-0.3, -0.25) is 0 Å². The Kier molecular flexibility index (Phi) is 4.80. The Hall–Kier alpha value is -1.69. The SMILES string of the molecule is CC(C)c1ccc(NC(=S)Nc2nc3c(Cl)cccc3s2)cc1. The zero-order chi connectivity index (χ0) is 16.4. The fourth-order valence-electron chi connectivity index (χ4n) is 2.18. The van der Waals surface area contributed by atoms with Crippen LogP contribution in [0, 0.1) is 0 Å². The number of halogens is 1. The molecule has 0 aliphatic carbocycles. The van der Waals surface area contributed by atoms with Gasteiger partial charge in [0, 0.05) is 5.69 Å². The molecule has 1 aromatic heterocycles. The van der Waals surface area contributed by atoms with Crippen molar-refractivity contribution < 1.29 is 0 Å². The van der Waals surface area contributed by atoms with E-state index in [4.69, 9.17) is 23.8 Å². The molecule has 0 radical (unpaired) electrons. The van der Waals surface area contributed by atoms with Crippen LogP contribution >= 0.6 is 35.2 Å². The molecule has 3 aromatic rings. The second-order valence-electron chi connectivity index (χ2n) is 5.46. The first kappa shape index (κ1) is 16.2. The molecule has 0 saturated carbocycles. The summed E-state index contributed by atoms with van der Waals surface area (Å²) in [6, 6.07) is 14.0. The smallest absolute Gasteiger partial charge is 0.190 e. The second kappa shape index (κ2) is 6.83. The fraction of sp³-hybridized carbons (Fsp3) is 0.176. The molecule has 1 heterocycles. The van der Waals surface area contributed by atoms with Gasteiger partial charge in [0.05, 0.1) is 9.72 Å². The van der Waals surface area contributed by atoms with Crippen LogP contribution in [0.3, 0.4) is 0 Å². The second-order valence-corrected chi connectivity index (χ2v) is 7.31. The number of nitrogens with one attached hydrogen (secondary N) is 2. The summed E-state index contributed by atoms with van der Waals surface area (Å²) in [4.78, 5) is 4.48. The Labute approximate surface area is 149 Å². The molecular formula is C17H16ClN3S2. The van der Waals surface area contributed by atoms with Gasteiger partial charge in [-0.2, -0.15) is 0 Å². The van der Waals surface area contributed by atoms with Crippen LogP contribution < -0.4 is 10.6 Å². The number of hydrogen-bond acceptors (Lipinski definition) is 3. The van der Waals surface area contributed by atoms with Crippen molar-refractivity contribution in [2.45, 2.75) is 19.8 Å². The molecule has 0 unspecified atom stereocenters. The molecule has 118 valence electrons. The van der Waals surface area contributed by atoms with Gasteiger partial charge in [0.2, 0.25) is 0 Å². The van der Waals surface area contributed by atoms with Crippen LogP contribution in [-0.2, 0) is 0 Å². The summed E-state index contributed by atoms with van der Waals surface area (Å²) >= 11 is 13.0. The molecule has 2 N–H and O–H groups in total. The molecule has 0 bridgehead atoms. The number of anilines is 2. The van der Waals surface area contributed by atoms with E-state index in [-0.39, 0.29) is 0 Å². The van der Waals surface area contributed by atoms with Crippen LogP contribution in [0.15, 0.2) is 42.5 Å². The van der Waals surface area contributed by atoms with Crippen LogP contribution in [-0.4, -0.2) is 10.1 Å². The van der Waals surface area contributed by atoms with Crippen molar-refractivity contribution in [2.75, 3.05) is 10.6 Å². The molecule has 0 atom stereocenters. The number of fused-ring (bicyclic) bond motifs is 1. The molecular weight excluding hydrogens is 346 g/mol. The molecule has 0 saturated heterocycles. The van der Waals surface area contributed by atoms with E-state index in [1.807, 2.05) is 30.3 Å². The van der Waals surface area contributed by atoms with Crippen molar-refractivity contribution in [3.8, 4) is 0 Å². The van der Waals surface area contributed by atoms with E-state index in [1.165, 1.54) is 16.9 Å². The summed E-state index contributed by atoms with van der Waals surface area (Å²) in [6.45, 7) is 4.35. The van der Waals surface area contributed by atoms with E-state index in [2.05, 4.69) is 41.6 Å². The molecule has 0 spiro atoms. The lowest BCUT2D eigenvalue weighted by atomic mass is 10.0. The average molecular weight is 362 g/mol. The lowest BCUT2D eigenvalue weighted by molar-refractivity contribution is 0.867. The maximum atomic E-state index is 6.14. The first-order chi connectivity index (χ1) is 11.0. The maximum absolute atomic E-state index is 6.14. The van der Waals surface area contributed by atoms with Crippen molar-refractivity contribution in [3.05, 3.63) is 53.1 Å². The molecule has 6 heteroatoms. The molecule has 23 heavy (non-hydrogen) atoms. The summed E-state index contributed by atoms with van der Waals surface area (Å²) in [6.07, 6.45) is 0. The zero-order valence-corrected chi connectivity index (χ0v) is 15.1. The van der Waals surface area contributed by atoms with Gasteiger partial charge in [0.25, 0.3) is 0 Å². The summed E-state index contributed by atoms with van der Waals surface area (Å²) in [5.74, 6) is 0.515. The minimum absolute atomic E-state index is 0.512. The van der Waals surface area contributed by atoms with E-state index < -0.39 is 0 Å². The van der Waals surface area contributed by atoms with E-state index in [1.54, 1.807) is 0 Å². The van der Waals surface area contributed by atoms with Crippen molar-refractivity contribution in [1.82, 2.24) is 4.98 Å². The Morgan fingerprint density at radius 1 is 1.13 bits per heavy atom. The number of thiazole rings is 1. The van der Waals surface area contributed by atoms with E-state index in [0.717, 1.165) is 21.0 Å². The highest BCUT2D eigenvalue weighted by Crippen LogP contribution is 2.30. The third-order valence-corrected chi connectivity index (χ3v) is 4.87. The summed E-state index contributed by atoms with van der Waals surface area (Å²) in [5, 5.41) is 8.17. The number of benzene rings is 2. The number of thiocarbonyl (C=S) groups is 1. The van der Waals surface area contributed by atoms with E-state index >= 15 is 0 Å². The Balaban J connectivity index is 1.69. The van der Waals surface area contributed by atoms with E-state index in [0.29, 0.717) is 16.1 Å². The average Bonchev–Trinajstić information content (AvgIpc) is 2.91. The Morgan fingerprint density at radius 3 is 2.52 bits per heavy atom. The first-order valence-corrected chi connectivity index (χ1v) is 8.86. The van der Waals surface area contributed by atoms with Gasteiger partial charge in [-0.1, -0.05) is 55.0 Å². The predicted octanol–water partition coefficient (Wildman–Crippen LogP) is 5.88. The number of nitrogens with zero attached hydrogens (tertiary/aromatic N) is 1. The van der Waals surface area contributed by atoms with Gasteiger partial charge in [-0.25, -0.2) is 4.98 Å². The van der Waals surface area contributed by atoms with Gasteiger partial charge >= 0.3 is 0 Å². The van der Waals surface area contributed by atoms with Crippen LogP contribution in [0.25, 0.3) is 10.2 Å². The quantitative estimate of drug-likeness (QED) is 0.571. The normalized spacial score (nSPS) is 11.0. The summed E-state index contributed by atoms with van der Waals surface area (Å²) < 4.78 is 1.03.